The third-order valence-corrected chi connectivity index (χ3v) is 3.08. The minimum absolute atomic E-state index is 0.481. The van der Waals surface area contributed by atoms with Crippen LogP contribution in [0.2, 0.25) is 0 Å². The Morgan fingerprint density at radius 1 is 1.30 bits per heavy atom. The van der Waals surface area contributed by atoms with E-state index in [-0.39, 0.29) is 0 Å². The summed E-state index contributed by atoms with van der Waals surface area (Å²) in [5.41, 5.74) is 8.12. The van der Waals surface area contributed by atoms with E-state index in [1.165, 1.54) is 0 Å². The predicted molar refractivity (Wildman–Crippen MR) is 81.7 cm³/mol. The zero-order valence-electron chi connectivity index (χ0n) is 11.6. The molecule has 20 heavy (non-hydrogen) atoms. The van der Waals surface area contributed by atoms with E-state index in [0.717, 1.165) is 25.1 Å². The highest BCUT2D eigenvalue weighted by molar-refractivity contribution is 5.72. The van der Waals surface area contributed by atoms with Crippen LogP contribution in [0.1, 0.15) is 25.3 Å². The SMILES string of the molecule is CCCCN(c1ccccc1)c1ncc(C#N)cc1N. The molecule has 0 saturated carbocycles. The van der Waals surface area contributed by atoms with Gasteiger partial charge in [0.05, 0.1) is 11.3 Å². The van der Waals surface area contributed by atoms with Gasteiger partial charge in [0, 0.05) is 18.4 Å². The predicted octanol–water partition coefficient (Wildman–Crippen LogP) is 3.47. The van der Waals surface area contributed by atoms with Crippen LogP contribution < -0.4 is 10.6 Å². The lowest BCUT2D eigenvalue weighted by Gasteiger charge is -2.25. The summed E-state index contributed by atoms with van der Waals surface area (Å²) in [7, 11) is 0. The van der Waals surface area contributed by atoms with E-state index in [9.17, 15) is 0 Å². The van der Waals surface area contributed by atoms with Crippen LogP contribution >= 0.6 is 0 Å². The summed E-state index contributed by atoms with van der Waals surface area (Å²) in [5.74, 6) is 0.712. The summed E-state index contributed by atoms with van der Waals surface area (Å²) in [6.45, 7) is 3.00. The first-order valence-electron chi connectivity index (χ1n) is 6.74. The molecular weight excluding hydrogens is 248 g/mol. The number of nitrogens with two attached hydrogens (primary N) is 1. The fourth-order valence-electron chi connectivity index (χ4n) is 2.04. The summed E-state index contributed by atoms with van der Waals surface area (Å²) >= 11 is 0. The highest BCUT2D eigenvalue weighted by atomic mass is 15.2. The van der Waals surface area contributed by atoms with E-state index in [4.69, 9.17) is 11.0 Å². The second kappa shape index (κ2) is 6.58. The van der Waals surface area contributed by atoms with Crippen molar-refractivity contribution in [2.24, 2.45) is 0 Å². The van der Waals surface area contributed by atoms with Crippen LogP contribution in [0.15, 0.2) is 42.6 Å². The number of unbranched alkanes of at least 4 members (excludes halogenated alkanes) is 1. The van der Waals surface area contributed by atoms with Crippen LogP contribution in [0, 0.1) is 11.3 Å². The van der Waals surface area contributed by atoms with Crippen LogP contribution in [-0.4, -0.2) is 11.5 Å². The van der Waals surface area contributed by atoms with Gasteiger partial charge in [0.1, 0.15) is 6.07 Å². The minimum atomic E-state index is 0.481. The van der Waals surface area contributed by atoms with Gasteiger partial charge in [-0.3, -0.25) is 0 Å². The van der Waals surface area contributed by atoms with E-state index in [1.54, 1.807) is 12.3 Å². The molecule has 1 aromatic heterocycles. The zero-order valence-corrected chi connectivity index (χ0v) is 11.6. The normalized spacial score (nSPS) is 10.0. The first kappa shape index (κ1) is 13.9. The quantitative estimate of drug-likeness (QED) is 0.899. The molecule has 0 spiro atoms. The van der Waals surface area contributed by atoms with Crippen LogP contribution in [0.3, 0.4) is 0 Å². The summed E-state index contributed by atoms with van der Waals surface area (Å²) in [5, 5.41) is 8.89. The summed E-state index contributed by atoms with van der Waals surface area (Å²) < 4.78 is 0. The fraction of sp³-hybridized carbons (Fsp3) is 0.250. The second-order valence-electron chi connectivity index (χ2n) is 4.59. The maximum Gasteiger partial charge on any atom is 0.156 e. The van der Waals surface area contributed by atoms with Gasteiger partial charge in [0.15, 0.2) is 5.82 Å². The number of benzene rings is 1. The van der Waals surface area contributed by atoms with Crippen LogP contribution in [-0.2, 0) is 0 Å². The van der Waals surface area contributed by atoms with Gasteiger partial charge in [-0.1, -0.05) is 31.5 Å². The molecule has 2 rings (SSSR count). The van der Waals surface area contributed by atoms with Crippen molar-refractivity contribution in [3.8, 4) is 6.07 Å². The van der Waals surface area contributed by atoms with Gasteiger partial charge in [-0.2, -0.15) is 5.26 Å². The van der Waals surface area contributed by atoms with Gasteiger partial charge in [-0.05, 0) is 24.6 Å². The molecule has 0 aliphatic carbocycles. The first-order valence-corrected chi connectivity index (χ1v) is 6.74. The third kappa shape index (κ3) is 3.07. The Labute approximate surface area is 119 Å². The number of aromatic nitrogens is 1. The maximum atomic E-state index is 8.89. The lowest BCUT2D eigenvalue weighted by atomic mass is 10.2. The lowest BCUT2D eigenvalue weighted by Crippen LogP contribution is -2.20. The average molecular weight is 266 g/mol. The van der Waals surface area contributed by atoms with Gasteiger partial charge >= 0.3 is 0 Å². The monoisotopic (exact) mass is 266 g/mol. The summed E-state index contributed by atoms with van der Waals surface area (Å²) in [6, 6.07) is 13.8. The van der Waals surface area contributed by atoms with Crippen molar-refractivity contribution >= 4 is 17.2 Å². The Balaban J connectivity index is 2.39. The average Bonchev–Trinajstić information content (AvgIpc) is 2.50. The molecule has 2 N–H and O–H groups in total. The number of nitrogens with zero attached hydrogens (tertiary/aromatic N) is 3. The standard InChI is InChI=1S/C16H18N4/c1-2-3-9-20(14-7-5-4-6-8-14)16-15(18)10-13(11-17)12-19-16/h4-8,10,12H,2-3,9,18H2,1H3. The van der Waals surface area contributed by atoms with Crippen molar-refractivity contribution < 1.29 is 0 Å². The molecule has 0 unspecified atom stereocenters. The topological polar surface area (TPSA) is 65.9 Å². The van der Waals surface area contributed by atoms with Crippen molar-refractivity contribution in [1.29, 1.82) is 5.26 Å². The van der Waals surface area contributed by atoms with Crippen LogP contribution in [0.5, 0.6) is 0 Å². The molecule has 4 nitrogen and oxygen atoms in total. The van der Waals surface area contributed by atoms with Gasteiger partial charge in [-0.25, -0.2) is 4.98 Å². The molecule has 0 bridgehead atoms. The van der Waals surface area contributed by atoms with Crippen molar-refractivity contribution in [1.82, 2.24) is 4.98 Å². The number of nitrogen functional groups attached to an aromatic ring is 1. The number of hydrogen-bond donors (Lipinski definition) is 1. The third-order valence-electron chi connectivity index (χ3n) is 3.08. The Hall–Kier alpha value is -2.54. The van der Waals surface area contributed by atoms with Crippen molar-refractivity contribution in [2.45, 2.75) is 19.8 Å². The van der Waals surface area contributed by atoms with Crippen LogP contribution in [0.4, 0.5) is 17.2 Å². The Morgan fingerprint density at radius 3 is 2.65 bits per heavy atom. The van der Waals surface area contributed by atoms with Gasteiger partial charge in [0.2, 0.25) is 0 Å². The lowest BCUT2D eigenvalue weighted by molar-refractivity contribution is 0.780. The highest BCUT2D eigenvalue weighted by Crippen LogP contribution is 2.28. The molecule has 0 atom stereocenters. The molecule has 102 valence electrons. The van der Waals surface area contributed by atoms with E-state index in [2.05, 4.69) is 22.9 Å². The molecule has 4 heteroatoms. The largest absolute Gasteiger partial charge is 0.396 e. The molecular formula is C16H18N4. The highest BCUT2D eigenvalue weighted by Gasteiger charge is 2.13. The summed E-state index contributed by atoms with van der Waals surface area (Å²) in [4.78, 5) is 6.45. The van der Waals surface area contributed by atoms with Crippen molar-refractivity contribution in [2.75, 3.05) is 17.2 Å². The van der Waals surface area contributed by atoms with E-state index >= 15 is 0 Å². The molecule has 0 aliphatic heterocycles. The van der Waals surface area contributed by atoms with E-state index < -0.39 is 0 Å². The number of anilines is 3. The van der Waals surface area contributed by atoms with Crippen molar-refractivity contribution in [3.05, 3.63) is 48.2 Å². The second-order valence-corrected chi connectivity index (χ2v) is 4.59. The molecule has 1 aromatic carbocycles. The minimum Gasteiger partial charge on any atom is -0.396 e. The van der Waals surface area contributed by atoms with Crippen molar-refractivity contribution in [3.63, 3.8) is 0 Å². The number of rotatable bonds is 5. The maximum absolute atomic E-state index is 8.89. The molecule has 0 fully saturated rings. The van der Waals surface area contributed by atoms with Gasteiger partial charge in [0.25, 0.3) is 0 Å². The van der Waals surface area contributed by atoms with Crippen LogP contribution in [0.25, 0.3) is 0 Å². The number of para-hydroxylation sites is 1. The zero-order chi connectivity index (χ0) is 14.4. The number of hydrogen-bond acceptors (Lipinski definition) is 4. The number of nitriles is 1. The molecule has 2 aromatic rings. The van der Waals surface area contributed by atoms with E-state index in [0.29, 0.717) is 17.1 Å². The first-order chi connectivity index (χ1) is 9.76. The van der Waals surface area contributed by atoms with E-state index in [1.807, 2.05) is 30.3 Å². The Bertz CT molecular complexity index is 602. The van der Waals surface area contributed by atoms with Gasteiger partial charge in [-0.15, -0.1) is 0 Å². The smallest absolute Gasteiger partial charge is 0.156 e. The summed E-state index contributed by atoms with van der Waals surface area (Å²) in [6.07, 6.45) is 3.71. The molecule has 0 radical (unpaired) electrons. The fourth-order valence-corrected chi connectivity index (χ4v) is 2.04. The number of pyridine rings is 1. The molecule has 0 aliphatic rings. The van der Waals surface area contributed by atoms with Gasteiger partial charge < -0.3 is 10.6 Å². The molecule has 1 heterocycles. The molecule has 0 amide bonds. The Kier molecular flexibility index (Phi) is 4.56. The Morgan fingerprint density at radius 2 is 2.05 bits per heavy atom. The molecule has 0 saturated heterocycles.